The van der Waals surface area contributed by atoms with Crippen molar-refractivity contribution in [1.82, 2.24) is 14.9 Å². The van der Waals surface area contributed by atoms with Gasteiger partial charge < -0.3 is 9.72 Å². The average Bonchev–Trinajstić information content (AvgIpc) is 3.07. The largest absolute Gasteiger partial charge is 0.497 e. The zero-order chi connectivity index (χ0) is 16.4. The molecule has 1 aromatic heterocycles. The number of ether oxygens (including phenoxy) is 1. The van der Waals surface area contributed by atoms with Gasteiger partial charge in [0.05, 0.1) is 18.1 Å². The molecule has 4 heteroatoms. The van der Waals surface area contributed by atoms with E-state index < -0.39 is 0 Å². The molecule has 0 saturated carbocycles. The smallest absolute Gasteiger partial charge is 0.118 e. The Morgan fingerprint density at radius 2 is 1.83 bits per heavy atom. The van der Waals surface area contributed by atoms with Crippen LogP contribution in [0.15, 0.2) is 48.5 Å². The van der Waals surface area contributed by atoms with Gasteiger partial charge in [0.1, 0.15) is 11.6 Å². The molecule has 1 fully saturated rings. The number of aromatic amines is 1. The second-order valence-electron chi connectivity index (χ2n) is 6.54. The van der Waals surface area contributed by atoms with Gasteiger partial charge in [0.15, 0.2) is 0 Å². The predicted molar refractivity (Wildman–Crippen MR) is 96.3 cm³/mol. The number of aromatic nitrogens is 2. The number of rotatable bonds is 4. The summed E-state index contributed by atoms with van der Waals surface area (Å²) in [5.41, 5.74) is 3.57. The predicted octanol–water partition coefficient (Wildman–Crippen LogP) is 3.95. The molecule has 1 N–H and O–H groups in total. The Morgan fingerprint density at radius 3 is 2.54 bits per heavy atom. The lowest BCUT2D eigenvalue weighted by molar-refractivity contribution is 0.202. The Bertz CT molecular complexity index is 768. The molecule has 0 aliphatic carbocycles. The fourth-order valence-electron chi connectivity index (χ4n) is 3.52. The van der Waals surface area contributed by atoms with Crippen LogP contribution in [0.1, 0.15) is 30.1 Å². The molecule has 0 radical (unpaired) electrons. The van der Waals surface area contributed by atoms with Crippen molar-refractivity contribution < 1.29 is 4.74 Å². The molecular formula is C20H23N3O. The summed E-state index contributed by atoms with van der Waals surface area (Å²) in [6.45, 7) is 3.25. The Hall–Kier alpha value is -2.33. The van der Waals surface area contributed by atoms with Crippen LogP contribution in [0.5, 0.6) is 5.75 Å². The van der Waals surface area contributed by atoms with Crippen molar-refractivity contribution in [2.75, 3.05) is 20.2 Å². The van der Waals surface area contributed by atoms with Crippen LogP contribution in [0.3, 0.4) is 0 Å². The molecule has 0 atom stereocenters. The van der Waals surface area contributed by atoms with E-state index in [4.69, 9.17) is 9.72 Å². The summed E-state index contributed by atoms with van der Waals surface area (Å²) < 4.78 is 5.22. The number of likely N-dealkylation sites (tertiary alicyclic amines) is 1. The zero-order valence-corrected chi connectivity index (χ0v) is 14.0. The van der Waals surface area contributed by atoms with Crippen molar-refractivity contribution in [3.05, 3.63) is 59.9 Å². The van der Waals surface area contributed by atoms with E-state index in [9.17, 15) is 0 Å². The summed E-state index contributed by atoms with van der Waals surface area (Å²) in [6.07, 6.45) is 2.33. The molecule has 1 aliphatic rings. The minimum atomic E-state index is 0.546. The van der Waals surface area contributed by atoms with Crippen molar-refractivity contribution in [3.8, 4) is 5.75 Å². The summed E-state index contributed by atoms with van der Waals surface area (Å²) in [4.78, 5) is 10.8. The first-order valence-electron chi connectivity index (χ1n) is 8.62. The molecule has 1 aliphatic heterocycles. The molecule has 0 bridgehead atoms. The number of methoxy groups -OCH3 is 1. The summed E-state index contributed by atoms with van der Waals surface area (Å²) in [5, 5.41) is 0. The second kappa shape index (κ2) is 6.65. The van der Waals surface area contributed by atoms with Crippen LogP contribution in [-0.2, 0) is 6.54 Å². The van der Waals surface area contributed by atoms with Gasteiger partial charge in [-0.15, -0.1) is 0 Å². The lowest BCUT2D eigenvalue weighted by Crippen LogP contribution is -2.32. The van der Waals surface area contributed by atoms with Crippen molar-refractivity contribution in [2.45, 2.75) is 25.3 Å². The van der Waals surface area contributed by atoms with Gasteiger partial charge in [-0.2, -0.15) is 0 Å². The van der Waals surface area contributed by atoms with Crippen molar-refractivity contribution in [2.24, 2.45) is 0 Å². The van der Waals surface area contributed by atoms with Gasteiger partial charge in [-0.1, -0.05) is 24.3 Å². The second-order valence-corrected chi connectivity index (χ2v) is 6.54. The van der Waals surface area contributed by atoms with Crippen molar-refractivity contribution in [3.63, 3.8) is 0 Å². The summed E-state index contributed by atoms with van der Waals surface area (Å²) in [5.74, 6) is 2.62. The van der Waals surface area contributed by atoms with E-state index in [1.807, 2.05) is 18.2 Å². The SMILES string of the molecule is COc1ccc(CN2CCC(c3nc4ccccc4[nH]3)CC2)cc1. The van der Waals surface area contributed by atoms with Gasteiger partial charge in [0.25, 0.3) is 0 Å². The maximum absolute atomic E-state index is 5.22. The Morgan fingerprint density at radius 1 is 1.08 bits per heavy atom. The lowest BCUT2D eigenvalue weighted by Gasteiger charge is -2.31. The fourth-order valence-corrected chi connectivity index (χ4v) is 3.52. The number of piperidine rings is 1. The van der Waals surface area contributed by atoms with Crippen molar-refractivity contribution in [1.29, 1.82) is 0 Å². The third-order valence-corrected chi connectivity index (χ3v) is 4.95. The number of nitrogens with one attached hydrogen (secondary N) is 1. The number of imidazole rings is 1. The number of hydrogen-bond acceptors (Lipinski definition) is 3. The molecule has 3 aromatic rings. The van der Waals surface area contributed by atoms with E-state index in [1.165, 1.54) is 5.56 Å². The van der Waals surface area contributed by atoms with Crippen molar-refractivity contribution >= 4 is 11.0 Å². The molecule has 2 heterocycles. The van der Waals surface area contributed by atoms with E-state index in [-0.39, 0.29) is 0 Å². The van der Waals surface area contributed by atoms with Crippen LogP contribution in [0.2, 0.25) is 0 Å². The Labute approximate surface area is 142 Å². The first-order chi connectivity index (χ1) is 11.8. The molecule has 1 saturated heterocycles. The quantitative estimate of drug-likeness (QED) is 0.791. The third-order valence-electron chi connectivity index (χ3n) is 4.95. The monoisotopic (exact) mass is 321 g/mol. The highest BCUT2D eigenvalue weighted by atomic mass is 16.5. The molecule has 24 heavy (non-hydrogen) atoms. The number of H-pyrrole nitrogens is 1. The van der Waals surface area contributed by atoms with E-state index in [0.29, 0.717) is 5.92 Å². The van der Waals surface area contributed by atoms with E-state index in [1.54, 1.807) is 7.11 Å². The highest BCUT2D eigenvalue weighted by Crippen LogP contribution is 2.28. The first-order valence-corrected chi connectivity index (χ1v) is 8.62. The van der Waals surface area contributed by atoms with Crippen LogP contribution in [0, 0.1) is 0 Å². The third kappa shape index (κ3) is 3.15. The Balaban J connectivity index is 1.37. The van der Waals surface area contributed by atoms with Crippen LogP contribution < -0.4 is 4.74 Å². The van der Waals surface area contributed by atoms with Gasteiger partial charge >= 0.3 is 0 Å². The van der Waals surface area contributed by atoms with Gasteiger partial charge in [-0.3, -0.25) is 4.90 Å². The molecular weight excluding hydrogens is 298 g/mol. The number of nitrogens with zero attached hydrogens (tertiary/aromatic N) is 2. The van der Waals surface area contributed by atoms with Crippen LogP contribution in [0.25, 0.3) is 11.0 Å². The summed E-state index contributed by atoms with van der Waals surface area (Å²) in [6, 6.07) is 16.7. The van der Waals surface area contributed by atoms with Crippen LogP contribution in [0.4, 0.5) is 0 Å². The highest BCUT2D eigenvalue weighted by molar-refractivity contribution is 5.74. The van der Waals surface area contributed by atoms with Crippen LogP contribution in [-0.4, -0.2) is 35.1 Å². The Kier molecular flexibility index (Phi) is 4.22. The summed E-state index contributed by atoms with van der Waals surface area (Å²) >= 11 is 0. The maximum atomic E-state index is 5.22. The van der Waals surface area contributed by atoms with E-state index in [2.05, 4.69) is 40.2 Å². The summed E-state index contributed by atoms with van der Waals surface area (Å²) in [7, 11) is 1.71. The number of fused-ring (bicyclic) bond motifs is 1. The molecule has 2 aromatic carbocycles. The molecule has 0 amide bonds. The molecule has 0 unspecified atom stereocenters. The molecule has 4 rings (SSSR count). The average molecular weight is 321 g/mol. The molecule has 0 spiro atoms. The maximum Gasteiger partial charge on any atom is 0.118 e. The first kappa shape index (κ1) is 15.2. The van der Waals surface area contributed by atoms with Gasteiger partial charge in [-0.05, 0) is 55.8 Å². The van der Waals surface area contributed by atoms with E-state index in [0.717, 1.165) is 55.1 Å². The number of para-hydroxylation sites is 2. The van der Waals surface area contributed by atoms with E-state index >= 15 is 0 Å². The minimum absolute atomic E-state index is 0.546. The normalized spacial score (nSPS) is 16.5. The zero-order valence-electron chi connectivity index (χ0n) is 14.0. The number of benzene rings is 2. The standard InChI is InChI=1S/C20H23N3O/c1-24-17-8-6-15(7-9-17)14-23-12-10-16(11-13-23)20-21-18-4-2-3-5-19(18)22-20/h2-9,16H,10-14H2,1H3,(H,21,22). The lowest BCUT2D eigenvalue weighted by atomic mass is 9.96. The van der Waals surface area contributed by atoms with Gasteiger partial charge in [0.2, 0.25) is 0 Å². The van der Waals surface area contributed by atoms with Gasteiger partial charge in [-0.25, -0.2) is 4.98 Å². The van der Waals surface area contributed by atoms with Crippen LogP contribution >= 0.6 is 0 Å². The minimum Gasteiger partial charge on any atom is -0.497 e. The number of hydrogen-bond donors (Lipinski definition) is 1. The topological polar surface area (TPSA) is 41.1 Å². The fraction of sp³-hybridized carbons (Fsp3) is 0.350. The highest BCUT2D eigenvalue weighted by Gasteiger charge is 2.23. The van der Waals surface area contributed by atoms with Gasteiger partial charge in [0, 0.05) is 12.5 Å². The molecule has 4 nitrogen and oxygen atoms in total. The molecule has 124 valence electrons.